The summed E-state index contributed by atoms with van der Waals surface area (Å²) in [5.74, 6) is 1.26. The molecule has 1 aromatic heterocycles. The van der Waals surface area contributed by atoms with Gasteiger partial charge in [-0.25, -0.2) is 4.98 Å². The number of hydrogen-bond acceptors (Lipinski definition) is 8. The number of non-ortho nitro benzene ring substituents is 1. The summed E-state index contributed by atoms with van der Waals surface area (Å²) in [7, 11) is 0. The maximum absolute atomic E-state index is 12.2. The molecule has 2 heterocycles. The molecule has 4 rings (SSSR count). The van der Waals surface area contributed by atoms with E-state index in [9.17, 15) is 14.9 Å². The zero-order valence-electron chi connectivity index (χ0n) is 14.7. The molecule has 0 spiro atoms. The van der Waals surface area contributed by atoms with E-state index < -0.39 is 4.92 Å². The highest BCUT2D eigenvalue weighted by molar-refractivity contribution is 7.99. The first-order valence-corrected chi connectivity index (χ1v) is 9.35. The minimum absolute atomic E-state index is 0.0624. The molecule has 0 saturated heterocycles. The lowest BCUT2D eigenvalue weighted by atomic mass is 10.1. The number of hydrogen-bond donors (Lipinski definition) is 1. The zero-order chi connectivity index (χ0) is 19.7. The summed E-state index contributed by atoms with van der Waals surface area (Å²) in [6.45, 7) is 2.07. The van der Waals surface area contributed by atoms with E-state index in [-0.39, 0.29) is 35.4 Å². The molecule has 144 valence electrons. The summed E-state index contributed by atoms with van der Waals surface area (Å²) in [6, 6.07) is 9.49. The van der Waals surface area contributed by atoms with Gasteiger partial charge < -0.3 is 19.2 Å². The Labute approximate surface area is 163 Å². The van der Waals surface area contributed by atoms with E-state index in [2.05, 4.69) is 10.3 Å². The van der Waals surface area contributed by atoms with Crippen LogP contribution in [0.25, 0.3) is 11.1 Å². The fourth-order valence-corrected chi connectivity index (χ4v) is 3.40. The van der Waals surface area contributed by atoms with Gasteiger partial charge in [-0.3, -0.25) is 14.9 Å². The summed E-state index contributed by atoms with van der Waals surface area (Å²) in [4.78, 5) is 26.8. The number of nitrogens with zero attached hydrogens (tertiary/aromatic N) is 2. The molecule has 28 heavy (non-hydrogen) atoms. The number of benzene rings is 2. The molecule has 9 nitrogen and oxygen atoms in total. The third-order valence-electron chi connectivity index (χ3n) is 4.16. The zero-order valence-corrected chi connectivity index (χ0v) is 15.5. The van der Waals surface area contributed by atoms with Crippen molar-refractivity contribution in [1.29, 1.82) is 0 Å². The van der Waals surface area contributed by atoms with Crippen LogP contribution in [0, 0.1) is 10.1 Å². The molecule has 0 radical (unpaired) electrons. The molecule has 0 unspecified atom stereocenters. The van der Waals surface area contributed by atoms with Crippen LogP contribution in [0.2, 0.25) is 0 Å². The molecule has 0 saturated carbocycles. The van der Waals surface area contributed by atoms with Gasteiger partial charge in [0.2, 0.25) is 12.7 Å². The largest absolute Gasteiger partial charge is 0.454 e. The fourth-order valence-electron chi connectivity index (χ4n) is 2.75. The number of ether oxygens (including phenoxy) is 2. The topological polar surface area (TPSA) is 117 Å². The maximum Gasteiger partial charge on any atom is 0.271 e. The van der Waals surface area contributed by atoms with Crippen molar-refractivity contribution < 1.29 is 23.6 Å². The second-order valence-corrected chi connectivity index (χ2v) is 7.01. The summed E-state index contributed by atoms with van der Waals surface area (Å²) in [5, 5.41) is 14.0. The van der Waals surface area contributed by atoms with Gasteiger partial charge in [0.15, 0.2) is 17.1 Å². The quantitative estimate of drug-likeness (QED) is 0.379. The fraction of sp³-hybridized carbons (Fsp3) is 0.222. The Kier molecular flexibility index (Phi) is 4.78. The number of rotatable bonds is 6. The third kappa shape index (κ3) is 3.72. The Morgan fingerprint density at radius 3 is 2.93 bits per heavy atom. The monoisotopic (exact) mass is 401 g/mol. The number of fused-ring (bicyclic) bond motifs is 2. The van der Waals surface area contributed by atoms with Crippen molar-refractivity contribution in [3.05, 3.63) is 52.1 Å². The first-order chi connectivity index (χ1) is 13.5. The minimum Gasteiger partial charge on any atom is -0.454 e. The minimum atomic E-state index is -0.494. The normalized spacial score (nSPS) is 13.5. The average Bonchev–Trinajstić information content (AvgIpc) is 3.31. The van der Waals surface area contributed by atoms with Gasteiger partial charge in [-0.15, -0.1) is 0 Å². The number of thioether (sulfide) groups is 1. The van der Waals surface area contributed by atoms with Crippen LogP contribution in [0.3, 0.4) is 0 Å². The summed E-state index contributed by atoms with van der Waals surface area (Å²) in [6.07, 6.45) is 0. The molecule has 1 N–H and O–H groups in total. The van der Waals surface area contributed by atoms with E-state index in [1.165, 1.54) is 18.2 Å². The average molecular weight is 401 g/mol. The number of amides is 1. The van der Waals surface area contributed by atoms with E-state index in [4.69, 9.17) is 13.9 Å². The molecule has 0 aliphatic carbocycles. The maximum atomic E-state index is 12.2. The van der Waals surface area contributed by atoms with Crippen LogP contribution >= 0.6 is 11.8 Å². The molecule has 0 bridgehead atoms. The van der Waals surface area contributed by atoms with Crippen LogP contribution in [0.1, 0.15) is 18.5 Å². The predicted octanol–water partition coefficient (Wildman–Crippen LogP) is 3.43. The molecular formula is C18H15N3O6S. The number of nitro groups is 1. The molecule has 2 aromatic carbocycles. The van der Waals surface area contributed by atoms with Gasteiger partial charge in [0, 0.05) is 12.1 Å². The SMILES string of the molecule is C[C@H](NC(=O)CSc1nc2cc([N+](=O)[O-])ccc2o1)c1ccc2c(c1)OCO2. The van der Waals surface area contributed by atoms with Crippen LogP contribution < -0.4 is 14.8 Å². The molecule has 10 heteroatoms. The van der Waals surface area contributed by atoms with Gasteiger partial charge in [-0.2, -0.15) is 0 Å². The Bertz CT molecular complexity index is 1070. The van der Waals surface area contributed by atoms with Crippen molar-refractivity contribution in [2.45, 2.75) is 18.2 Å². The van der Waals surface area contributed by atoms with Crippen LogP contribution in [0.5, 0.6) is 11.5 Å². The van der Waals surface area contributed by atoms with Gasteiger partial charge in [0.1, 0.15) is 5.52 Å². The number of carbonyl (C=O) groups excluding carboxylic acids is 1. The molecule has 1 aliphatic rings. The lowest BCUT2D eigenvalue weighted by molar-refractivity contribution is -0.384. The van der Waals surface area contributed by atoms with Crippen molar-refractivity contribution in [3.63, 3.8) is 0 Å². The highest BCUT2D eigenvalue weighted by Gasteiger charge is 2.18. The first-order valence-electron chi connectivity index (χ1n) is 8.36. The van der Waals surface area contributed by atoms with Crippen LogP contribution in [-0.4, -0.2) is 28.4 Å². The highest BCUT2D eigenvalue weighted by Crippen LogP contribution is 2.34. The summed E-state index contributed by atoms with van der Waals surface area (Å²) >= 11 is 1.12. The molecule has 1 amide bonds. The van der Waals surface area contributed by atoms with Crippen molar-refractivity contribution in [1.82, 2.24) is 10.3 Å². The third-order valence-corrected chi connectivity index (χ3v) is 4.99. The van der Waals surface area contributed by atoms with E-state index in [0.29, 0.717) is 22.6 Å². The second kappa shape index (κ2) is 7.39. The van der Waals surface area contributed by atoms with Crippen LogP contribution in [0.15, 0.2) is 46.0 Å². The number of oxazole rings is 1. The second-order valence-electron chi connectivity index (χ2n) is 6.08. The number of aromatic nitrogens is 1. The number of nitro benzene ring substituents is 1. The van der Waals surface area contributed by atoms with Crippen LogP contribution in [0.4, 0.5) is 5.69 Å². The molecular weight excluding hydrogens is 386 g/mol. The van der Waals surface area contributed by atoms with E-state index >= 15 is 0 Å². The van der Waals surface area contributed by atoms with Gasteiger partial charge in [-0.1, -0.05) is 17.8 Å². The first kappa shape index (κ1) is 18.1. The Balaban J connectivity index is 1.36. The lowest BCUT2D eigenvalue weighted by Crippen LogP contribution is -2.28. The van der Waals surface area contributed by atoms with E-state index in [1.807, 2.05) is 25.1 Å². The number of nitrogens with one attached hydrogen (secondary N) is 1. The van der Waals surface area contributed by atoms with E-state index in [1.54, 1.807) is 0 Å². The van der Waals surface area contributed by atoms with Gasteiger partial charge in [0.25, 0.3) is 10.9 Å². The van der Waals surface area contributed by atoms with Crippen molar-refractivity contribution in [2.24, 2.45) is 0 Å². The smallest absolute Gasteiger partial charge is 0.271 e. The van der Waals surface area contributed by atoms with Crippen molar-refractivity contribution in [2.75, 3.05) is 12.5 Å². The van der Waals surface area contributed by atoms with Gasteiger partial charge in [-0.05, 0) is 30.7 Å². The summed E-state index contributed by atoms with van der Waals surface area (Å²) < 4.78 is 16.1. The van der Waals surface area contributed by atoms with Gasteiger partial charge >= 0.3 is 0 Å². The predicted molar refractivity (Wildman–Crippen MR) is 101 cm³/mol. The van der Waals surface area contributed by atoms with Crippen molar-refractivity contribution >= 4 is 34.5 Å². The standard InChI is InChI=1S/C18H15N3O6S/c1-10(11-2-4-15-16(6-11)26-9-25-15)19-17(22)8-28-18-20-13-7-12(21(23)24)3-5-14(13)27-18/h2-7,10H,8-9H2,1H3,(H,19,22)/t10-/m0/s1. The molecule has 1 aliphatic heterocycles. The highest BCUT2D eigenvalue weighted by atomic mass is 32.2. The molecule has 3 aromatic rings. The Morgan fingerprint density at radius 1 is 1.29 bits per heavy atom. The van der Waals surface area contributed by atoms with Crippen molar-refractivity contribution in [3.8, 4) is 11.5 Å². The lowest BCUT2D eigenvalue weighted by Gasteiger charge is -2.14. The van der Waals surface area contributed by atoms with Crippen LogP contribution in [-0.2, 0) is 4.79 Å². The molecule has 0 fully saturated rings. The van der Waals surface area contributed by atoms with E-state index in [0.717, 1.165) is 17.3 Å². The summed E-state index contributed by atoms with van der Waals surface area (Å²) in [5.41, 5.74) is 1.65. The number of carbonyl (C=O) groups is 1. The Hall–Kier alpha value is -3.27. The Morgan fingerprint density at radius 2 is 2.11 bits per heavy atom. The molecule has 1 atom stereocenters. The van der Waals surface area contributed by atoms with Gasteiger partial charge in [0.05, 0.1) is 16.7 Å².